The Morgan fingerprint density at radius 3 is 2.50 bits per heavy atom. The van der Waals surface area contributed by atoms with Gasteiger partial charge < -0.3 is 10.0 Å². The Balaban J connectivity index is 1.84. The maximum Gasteiger partial charge on any atom is 0.303 e. The first-order valence-corrected chi connectivity index (χ1v) is 7.58. The van der Waals surface area contributed by atoms with Gasteiger partial charge in [-0.25, -0.2) is 0 Å². The van der Waals surface area contributed by atoms with Gasteiger partial charge in [-0.1, -0.05) is 32.6 Å². The smallest absolute Gasteiger partial charge is 0.303 e. The minimum absolute atomic E-state index is 0.0846. The van der Waals surface area contributed by atoms with Gasteiger partial charge in [0.1, 0.15) is 0 Å². The van der Waals surface area contributed by atoms with Crippen LogP contribution in [0.15, 0.2) is 0 Å². The van der Waals surface area contributed by atoms with Crippen molar-refractivity contribution in [1.29, 1.82) is 0 Å². The standard InChI is InChI=1S/C15H27NO2/c1-2-6-13-10-16(11-13)12-15(9-14(17)18)7-4-3-5-8-15/h13H,2-12H2,1H3,(H,17,18). The Hall–Kier alpha value is -0.570. The molecule has 0 radical (unpaired) electrons. The van der Waals surface area contributed by atoms with E-state index in [2.05, 4.69) is 11.8 Å². The topological polar surface area (TPSA) is 40.5 Å². The number of carboxylic acid groups (broad SMARTS) is 1. The molecule has 1 aliphatic heterocycles. The van der Waals surface area contributed by atoms with Gasteiger partial charge in [0, 0.05) is 19.6 Å². The third kappa shape index (κ3) is 3.47. The molecule has 3 nitrogen and oxygen atoms in total. The summed E-state index contributed by atoms with van der Waals surface area (Å²) in [4.78, 5) is 13.6. The van der Waals surface area contributed by atoms with Crippen LogP contribution in [-0.4, -0.2) is 35.6 Å². The van der Waals surface area contributed by atoms with E-state index >= 15 is 0 Å². The molecule has 104 valence electrons. The summed E-state index contributed by atoms with van der Waals surface area (Å²) in [5.41, 5.74) is 0.0846. The first kappa shape index (κ1) is 13.9. The zero-order valence-electron chi connectivity index (χ0n) is 11.7. The Morgan fingerprint density at radius 2 is 1.94 bits per heavy atom. The highest BCUT2D eigenvalue weighted by atomic mass is 16.4. The third-order valence-corrected chi connectivity index (χ3v) is 4.73. The number of carboxylic acids is 1. The zero-order chi connectivity index (χ0) is 13.0. The van der Waals surface area contributed by atoms with Gasteiger partial charge in [0.2, 0.25) is 0 Å². The van der Waals surface area contributed by atoms with Gasteiger partial charge >= 0.3 is 5.97 Å². The van der Waals surface area contributed by atoms with Crippen LogP contribution in [0.4, 0.5) is 0 Å². The lowest BCUT2D eigenvalue weighted by molar-refractivity contribution is -0.141. The van der Waals surface area contributed by atoms with Crippen molar-refractivity contribution in [2.45, 2.75) is 58.3 Å². The van der Waals surface area contributed by atoms with E-state index < -0.39 is 5.97 Å². The zero-order valence-corrected chi connectivity index (χ0v) is 11.7. The van der Waals surface area contributed by atoms with Crippen LogP contribution in [-0.2, 0) is 4.79 Å². The lowest BCUT2D eigenvalue weighted by Crippen LogP contribution is -2.52. The number of rotatable bonds is 6. The summed E-state index contributed by atoms with van der Waals surface area (Å²) in [6, 6.07) is 0. The molecule has 1 N–H and O–H groups in total. The Morgan fingerprint density at radius 1 is 1.28 bits per heavy atom. The quantitative estimate of drug-likeness (QED) is 0.790. The largest absolute Gasteiger partial charge is 0.481 e. The van der Waals surface area contributed by atoms with Crippen molar-refractivity contribution >= 4 is 5.97 Å². The fraction of sp³-hybridized carbons (Fsp3) is 0.933. The van der Waals surface area contributed by atoms with Crippen LogP contribution in [0.3, 0.4) is 0 Å². The Bertz CT molecular complexity index is 278. The van der Waals surface area contributed by atoms with Crippen LogP contribution in [0.5, 0.6) is 0 Å². The van der Waals surface area contributed by atoms with Crippen LogP contribution < -0.4 is 0 Å². The number of aliphatic carboxylic acids is 1. The summed E-state index contributed by atoms with van der Waals surface area (Å²) in [6.07, 6.45) is 8.96. The Kier molecular flexibility index (Phi) is 4.66. The van der Waals surface area contributed by atoms with Gasteiger partial charge in [-0.15, -0.1) is 0 Å². The van der Waals surface area contributed by atoms with E-state index in [0.29, 0.717) is 6.42 Å². The molecule has 0 aromatic heterocycles. The average Bonchev–Trinajstić information content (AvgIpc) is 2.26. The molecular weight excluding hydrogens is 226 g/mol. The molecule has 0 aromatic carbocycles. The summed E-state index contributed by atoms with van der Waals surface area (Å²) >= 11 is 0. The van der Waals surface area contributed by atoms with E-state index in [9.17, 15) is 4.79 Å². The monoisotopic (exact) mass is 253 g/mol. The predicted octanol–water partition coefficient (Wildman–Crippen LogP) is 3.14. The van der Waals surface area contributed by atoms with E-state index in [1.54, 1.807) is 0 Å². The van der Waals surface area contributed by atoms with Crippen LogP contribution in [0.25, 0.3) is 0 Å². The molecule has 1 saturated carbocycles. The minimum Gasteiger partial charge on any atom is -0.481 e. The lowest BCUT2D eigenvalue weighted by Gasteiger charge is -2.47. The first-order valence-electron chi connectivity index (χ1n) is 7.58. The fourth-order valence-corrected chi connectivity index (χ4v) is 3.88. The molecule has 3 heteroatoms. The summed E-state index contributed by atoms with van der Waals surface area (Å²) < 4.78 is 0. The van der Waals surface area contributed by atoms with Gasteiger partial charge in [-0.05, 0) is 30.6 Å². The van der Waals surface area contributed by atoms with Gasteiger partial charge in [-0.2, -0.15) is 0 Å². The van der Waals surface area contributed by atoms with Crippen molar-refractivity contribution in [3.8, 4) is 0 Å². The number of hydrogen-bond acceptors (Lipinski definition) is 2. The fourth-order valence-electron chi connectivity index (χ4n) is 3.88. The van der Waals surface area contributed by atoms with E-state index in [4.69, 9.17) is 5.11 Å². The number of carbonyl (C=O) groups is 1. The molecule has 1 aliphatic carbocycles. The van der Waals surface area contributed by atoms with Crippen molar-refractivity contribution in [2.75, 3.05) is 19.6 Å². The van der Waals surface area contributed by atoms with E-state index in [-0.39, 0.29) is 5.41 Å². The molecule has 2 aliphatic rings. The van der Waals surface area contributed by atoms with Crippen LogP contribution in [0.2, 0.25) is 0 Å². The number of nitrogens with zero attached hydrogens (tertiary/aromatic N) is 1. The molecule has 0 unspecified atom stereocenters. The van der Waals surface area contributed by atoms with Gasteiger partial charge in [0.15, 0.2) is 0 Å². The van der Waals surface area contributed by atoms with Crippen molar-refractivity contribution in [3.63, 3.8) is 0 Å². The van der Waals surface area contributed by atoms with Crippen molar-refractivity contribution in [2.24, 2.45) is 11.3 Å². The highest BCUT2D eigenvalue weighted by Crippen LogP contribution is 2.41. The maximum atomic E-state index is 11.1. The van der Waals surface area contributed by atoms with Crippen molar-refractivity contribution in [1.82, 2.24) is 4.90 Å². The summed E-state index contributed by atoms with van der Waals surface area (Å²) in [6.45, 7) is 5.68. The second kappa shape index (κ2) is 6.05. The highest BCUT2D eigenvalue weighted by molar-refractivity contribution is 5.67. The molecular formula is C15H27NO2. The molecule has 1 heterocycles. The molecule has 2 rings (SSSR count). The molecule has 2 fully saturated rings. The van der Waals surface area contributed by atoms with E-state index in [0.717, 1.165) is 25.3 Å². The minimum atomic E-state index is -0.609. The molecule has 0 aromatic rings. The second-order valence-corrected chi connectivity index (χ2v) is 6.48. The molecule has 0 bridgehead atoms. The van der Waals surface area contributed by atoms with E-state index in [1.807, 2.05) is 0 Å². The average molecular weight is 253 g/mol. The van der Waals surface area contributed by atoms with Crippen molar-refractivity contribution in [3.05, 3.63) is 0 Å². The van der Waals surface area contributed by atoms with Crippen molar-refractivity contribution < 1.29 is 9.90 Å². The predicted molar refractivity (Wildman–Crippen MR) is 72.6 cm³/mol. The molecule has 1 saturated heterocycles. The van der Waals surface area contributed by atoms with Crippen LogP contribution in [0, 0.1) is 11.3 Å². The van der Waals surface area contributed by atoms with Gasteiger partial charge in [-0.3, -0.25) is 4.79 Å². The summed E-state index contributed by atoms with van der Waals surface area (Å²) in [7, 11) is 0. The molecule has 0 atom stereocenters. The normalized spacial score (nSPS) is 24.7. The first-order chi connectivity index (χ1) is 8.63. The molecule has 0 amide bonds. The number of likely N-dealkylation sites (tertiary alicyclic amines) is 1. The van der Waals surface area contributed by atoms with Crippen LogP contribution >= 0.6 is 0 Å². The number of hydrogen-bond donors (Lipinski definition) is 1. The third-order valence-electron chi connectivity index (χ3n) is 4.73. The van der Waals surface area contributed by atoms with E-state index in [1.165, 1.54) is 45.2 Å². The maximum absolute atomic E-state index is 11.1. The molecule has 18 heavy (non-hydrogen) atoms. The SMILES string of the molecule is CCCC1CN(CC2(CC(=O)O)CCCCC2)C1. The highest BCUT2D eigenvalue weighted by Gasteiger charge is 2.38. The summed E-state index contributed by atoms with van der Waals surface area (Å²) in [5.74, 6) is 0.267. The lowest BCUT2D eigenvalue weighted by atomic mass is 9.70. The van der Waals surface area contributed by atoms with Gasteiger partial charge in [0.05, 0.1) is 6.42 Å². The van der Waals surface area contributed by atoms with Gasteiger partial charge in [0.25, 0.3) is 0 Å². The Labute approximate surface area is 111 Å². The summed E-state index contributed by atoms with van der Waals surface area (Å²) in [5, 5.41) is 9.15. The molecule has 0 spiro atoms. The van der Waals surface area contributed by atoms with Crippen LogP contribution in [0.1, 0.15) is 58.3 Å². The second-order valence-electron chi connectivity index (χ2n) is 6.48.